The molecule has 0 bridgehead atoms. The maximum Gasteiger partial charge on any atom is 0.348 e. The summed E-state index contributed by atoms with van der Waals surface area (Å²) >= 11 is 1.20. The zero-order chi connectivity index (χ0) is 16.8. The predicted molar refractivity (Wildman–Crippen MR) is 90.6 cm³/mol. The van der Waals surface area contributed by atoms with Crippen LogP contribution in [0.25, 0.3) is 0 Å². The number of nitrogens with one attached hydrogen (secondary N) is 1. The van der Waals surface area contributed by atoms with Crippen LogP contribution < -0.4 is 10.1 Å². The van der Waals surface area contributed by atoms with Crippen molar-refractivity contribution in [3.63, 3.8) is 0 Å². The van der Waals surface area contributed by atoms with Crippen molar-refractivity contribution in [1.29, 1.82) is 0 Å². The van der Waals surface area contributed by atoms with Gasteiger partial charge in [0.1, 0.15) is 10.6 Å². The summed E-state index contributed by atoms with van der Waals surface area (Å²) in [6.45, 7) is 6.23. The number of aryl methyl sites for hydroxylation is 1. The molecule has 0 radical (unpaired) electrons. The van der Waals surface area contributed by atoms with Crippen LogP contribution in [-0.4, -0.2) is 25.1 Å². The van der Waals surface area contributed by atoms with Gasteiger partial charge in [-0.1, -0.05) is 12.1 Å². The van der Waals surface area contributed by atoms with E-state index in [9.17, 15) is 9.59 Å². The van der Waals surface area contributed by atoms with Gasteiger partial charge >= 0.3 is 5.97 Å². The fraction of sp³-hybridized carbons (Fsp3) is 0.294. The predicted octanol–water partition coefficient (Wildman–Crippen LogP) is 3.88. The average molecular weight is 333 g/mol. The first-order chi connectivity index (χ1) is 11.1. The second-order valence-corrected chi connectivity index (χ2v) is 5.78. The summed E-state index contributed by atoms with van der Waals surface area (Å²) in [4.78, 5) is 24.8. The molecule has 122 valence electrons. The molecule has 0 fully saturated rings. The summed E-state index contributed by atoms with van der Waals surface area (Å²) < 4.78 is 10.5. The molecule has 1 N–H and O–H groups in total. The molecule has 0 aliphatic rings. The van der Waals surface area contributed by atoms with Crippen LogP contribution in [0.2, 0.25) is 0 Å². The van der Waals surface area contributed by atoms with Gasteiger partial charge in [-0.05, 0) is 44.5 Å². The molecule has 2 rings (SSSR count). The van der Waals surface area contributed by atoms with E-state index in [0.29, 0.717) is 34.4 Å². The topological polar surface area (TPSA) is 64.6 Å². The number of anilines is 1. The number of para-hydroxylation sites is 1. The largest absolute Gasteiger partial charge is 0.493 e. The van der Waals surface area contributed by atoms with Gasteiger partial charge in [-0.2, -0.15) is 0 Å². The molecule has 1 aromatic heterocycles. The van der Waals surface area contributed by atoms with Crippen LogP contribution >= 0.6 is 11.3 Å². The Hall–Kier alpha value is -2.34. The molecule has 0 saturated heterocycles. The number of esters is 1. The third-order valence-corrected chi connectivity index (χ3v) is 4.18. The summed E-state index contributed by atoms with van der Waals surface area (Å²) in [5.74, 6) is -0.109. The number of carbonyl (C=O) groups excluding carboxylic acids is 2. The molecule has 0 aliphatic carbocycles. The fourth-order valence-electron chi connectivity index (χ4n) is 2.06. The lowest BCUT2D eigenvalue weighted by molar-refractivity contribution is 0.0531. The third kappa shape index (κ3) is 4.10. The second-order valence-electron chi connectivity index (χ2n) is 4.73. The number of hydrogen-bond donors (Lipinski definition) is 1. The highest BCUT2D eigenvalue weighted by molar-refractivity contribution is 7.18. The van der Waals surface area contributed by atoms with E-state index < -0.39 is 0 Å². The van der Waals surface area contributed by atoms with E-state index >= 15 is 0 Å². The van der Waals surface area contributed by atoms with Crippen molar-refractivity contribution in [2.45, 2.75) is 20.8 Å². The van der Waals surface area contributed by atoms with Crippen LogP contribution in [0.1, 0.15) is 39.4 Å². The maximum atomic E-state index is 12.4. The molecule has 6 heteroatoms. The summed E-state index contributed by atoms with van der Waals surface area (Å²) in [5.41, 5.74) is 1.24. The molecule has 5 nitrogen and oxygen atoms in total. The van der Waals surface area contributed by atoms with Crippen LogP contribution in [0.15, 0.2) is 30.3 Å². The first-order valence-corrected chi connectivity index (χ1v) is 8.19. The zero-order valence-electron chi connectivity index (χ0n) is 13.3. The van der Waals surface area contributed by atoms with Gasteiger partial charge in [-0.25, -0.2) is 4.79 Å². The summed E-state index contributed by atoms with van der Waals surface area (Å²) in [7, 11) is 0. The summed E-state index contributed by atoms with van der Waals surface area (Å²) in [5, 5.41) is 3.41. The van der Waals surface area contributed by atoms with Gasteiger partial charge in [-0.3, -0.25) is 4.79 Å². The lowest BCUT2D eigenvalue weighted by Gasteiger charge is -2.09. The molecule has 1 aromatic carbocycles. The molecule has 0 unspecified atom stereocenters. The van der Waals surface area contributed by atoms with Gasteiger partial charge in [0.05, 0.1) is 23.8 Å². The Labute approximate surface area is 139 Å². The van der Waals surface area contributed by atoms with E-state index in [4.69, 9.17) is 9.47 Å². The Bertz CT molecular complexity index is 708. The van der Waals surface area contributed by atoms with E-state index in [1.165, 1.54) is 11.3 Å². The smallest absolute Gasteiger partial charge is 0.348 e. The molecule has 1 heterocycles. The Balaban J connectivity index is 2.18. The molecule has 0 atom stereocenters. The van der Waals surface area contributed by atoms with E-state index in [1.807, 2.05) is 19.9 Å². The monoisotopic (exact) mass is 333 g/mol. The highest BCUT2D eigenvalue weighted by Crippen LogP contribution is 2.28. The van der Waals surface area contributed by atoms with E-state index in [2.05, 4.69) is 5.32 Å². The van der Waals surface area contributed by atoms with E-state index in [-0.39, 0.29) is 11.9 Å². The molecular formula is C17H19NO4S. The van der Waals surface area contributed by atoms with Crippen molar-refractivity contribution >= 4 is 28.2 Å². The van der Waals surface area contributed by atoms with Gasteiger partial charge in [0.15, 0.2) is 0 Å². The number of carbonyl (C=O) groups is 2. The molecule has 0 saturated carbocycles. The third-order valence-electron chi connectivity index (χ3n) is 3.05. The van der Waals surface area contributed by atoms with Crippen molar-refractivity contribution in [2.75, 3.05) is 18.5 Å². The number of amides is 1. The van der Waals surface area contributed by atoms with Crippen molar-refractivity contribution < 1.29 is 19.1 Å². The standard InChI is InChI=1S/C17H19NO4S/c1-4-21-13-9-7-6-8-12(13)16(19)18-14-10-11(3)15(23-14)17(20)22-5-2/h6-10H,4-5H2,1-3H3,(H,18,19). The van der Waals surface area contributed by atoms with E-state index in [1.54, 1.807) is 31.2 Å². The van der Waals surface area contributed by atoms with Gasteiger partial charge in [0.2, 0.25) is 0 Å². The highest BCUT2D eigenvalue weighted by atomic mass is 32.1. The normalized spacial score (nSPS) is 10.2. The lowest BCUT2D eigenvalue weighted by Crippen LogP contribution is -2.12. The summed E-state index contributed by atoms with van der Waals surface area (Å²) in [6, 6.07) is 8.81. The fourth-order valence-corrected chi connectivity index (χ4v) is 3.02. The van der Waals surface area contributed by atoms with E-state index in [0.717, 1.165) is 5.56 Å². The van der Waals surface area contributed by atoms with Crippen LogP contribution in [0.5, 0.6) is 5.75 Å². The van der Waals surface area contributed by atoms with Crippen LogP contribution in [0.4, 0.5) is 5.00 Å². The number of rotatable bonds is 6. The Morgan fingerprint density at radius 3 is 2.61 bits per heavy atom. The second kappa shape index (κ2) is 7.78. The SMILES string of the molecule is CCOC(=O)c1sc(NC(=O)c2ccccc2OCC)cc1C. The minimum absolute atomic E-state index is 0.272. The zero-order valence-corrected chi connectivity index (χ0v) is 14.2. The maximum absolute atomic E-state index is 12.4. The minimum atomic E-state index is -0.370. The van der Waals surface area contributed by atoms with Crippen molar-refractivity contribution in [1.82, 2.24) is 0 Å². The van der Waals surface area contributed by atoms with Gasteiger partial charge in [0.25, 0.3) is 5.91 Å². The minimum Gasteiger partial charge on any atom is -0.493 e. The van der Waals surface area contributed by atoms with Gasteiger partial charge < -0.3 is 14.8 Å². The van der Waals surface area contributed by atoms with Gasteiger partial charge in [-0.15, -0.1) is 11.3 Å². The van der Waals surface area contributed by atoms with Crippen molar-refractivity contribution in [2.24, 2.45) is 0 Å². The molecular weight excluding hydrogens is 314 g/mol. The highest BCUT2D eigenvalue weighted by Gasteiger charge is 2.17. The van der Waals surface area contributed by atoms with Crippen molar-refractivity contribution in [3.8, 4) is 5.75 Å². The number of hydrogen-bond acceptors (Lipinski definition) is 5. The lowest BCUT2D eigenvalue weighted by atomic mass is 10.2. The molecule has 2 aromatic rings. The van der Waals surface area contributed by atoms with Crippen molar-refractivity contribution in [3.05, 3.63) is 46.3 Å². The van der Waals surface area contributed by atoms with Crippen LogP contribution in [0.3, 0.4) is 0 Å². The Kier molecular flexibility index (Phi) is 5.76. The number of ether oxygens (including phenoxy) is 2. The number of benzene rings is 1. The number of thiophene rings is 1. The summed E-state index contributed by atoms with van der Waals surface area (Å²) in [6.07, 6.45) is 0. The molecule has 1 amide bonds. The Morgan fingerprint density at radius 2 is 1.91 bits per heavy atom. The Morgan fingerprint density at radius 1 is 1.17 bits per heavy atom. The quantitative estimate of drug-likeness (QED) is 0.815. The average Bonchev–Trinajstić information content (AvgIpc) is 2.89. The van der Waals surface area contributed by atoms with Gasteiger partial charge in [0, 0.05) is 0 Å². The first kappa shape index (κ1) is 17.0. The molecule has 0 spiro atoms. The van der Waals surface area contributed by atoms with Crippen LogP contribution in [0, 0.1) is 6.92 Å². The first-order valence-electron chi connectivity index (χ1n) is 7.37. The molecule has 23 heavy (non-hydrogen) atoms. The molecule has 0 aliphatic heterocycles. The van der Waals surface area contributed by atoms with Crippen LogP contribution in [-0.2, 0) is 4.74 Å².